The molecular weight excluding hydrogens is 379 g/mol. The average molecular weight is 395 g/mol. The highest BCUT2D eigenvalue weighted by Gasteiger charge is 2.15. The fourth-order valence-corrected chi connectivity index (χ4v) is 2.80. The Balaban J connectivity index is 1.68. The largest absolute Gasteiger partial charge is 0.389 e. The lowest BCUT2D eigenvalue weighted by atomic mass is 10.1. The van der Waals surface area contributed by atoms with E-state index in [1.54, 1.807) is 0 Å². The Kier molecular flexibility index (Phi) is 5.70. The van der Waals surface area contributed by atoms with Crippen LogP contribution in [0.2, 0.25) is 10.0 Å². The van der Waals surface area contributed by atoms with E-state index in [1.807, 2.05) is 24.3 Å². The maximum atomic E-state index is 12.2. The number of aryl methyl sites for hydroxylation is 2. The standard InChI is InChI=1S/C17H16Cl2N4O3/c1-10(24)13-8-20-23(17(25)16(13)19)9-15-21-14(22-26-15)7-4-11-2-5-12(18)6-3-11/h2-3,5-6,8,10,24H,4,7,9H2,1H3. The normalized spacial score (nSPS) is 12.3. The Labute approximate surface area is 159 Å². The number of aliphatic hydroxyl groups excluding tert-OH is 1. The van der Waals surface area contributed by atoms with Gasteiger partial charge in [0.2, 0.25) is 5.89 Å². The summed E-state index contributed by atoms with van der Waals surface area (Å²) in [6.07, 6.45) is 1.81. The lowest BCUT2D eigenvalue weighted by Crippen LogP contribution is -2.25. The summed E-state index contributed by atoms with van der Waals surface area (Å²) in [5.41, 5.74) is 0.868. The van der Waals surface area contributed by atoms with Gasteiger partial charge in [-0.05, 0) is 31.0 Å². The molecule has 0 amide bonds. The molecule has 2 heterocycles. The first kappa shape index (κ1) is 18.6. The zero-order chi connectivity index (χ0) is 18.7. The van der Waals surface area contributed by atoms with Crippen molar-refractivity contribution in [1.82, 2.24) is 19.9 Å². The summed E-state index contributed by atoms with van der Waals surface area (Å²) in [5.74, 6) is 0.793. The zero-order valence-corrected chi connectivity index (χ0v) is 15.4. The van der Waals surface area contributed by atoms with Gasteiger partial charge in [-0.2, -0.15) is 10.1 Å². The molecule has 0 aliphatic heterocycles. The first-order valence-corrected chi connectivity index (χ1v) is 8.69. The van der Waals surface area contributed by atoms with Gasteiger partial charge in [0.05, 0.1) is 12.3 Å². The number of aliphatic hydroxyl groups is 1. The molecule has 0 radical (unpaired) electrons. The number of halogens is 2. The minimum Gasteiger partial charge on any atom is -0.389 e. The molecule has 0 aliphatic rings. The molecule has 0 saturated carbocycles. The summed E-state index contributed by atoms with van der Waals surface area (Å²) < 4.78 is 6.29. The van der Waals surface area contributed by atoms with Crippen LogP contribution in [-0.4, -0.2) is 25.0 Å². The van der Waals surface area contributed by atoms with Gasteiger partial charge in [-0.1, -0.05) is 40.5 Å². The number of hydrogen-bond acceptors (Lipinski definition) is 6. The second kappa shape index (κ2) is 7.99. The Morgan fingerprint density at radius 2 is 1.96 bits per heavy atom. The van der Waals surface area contributed by atoms with Crippen molar-refractivity contribution in [2.45, 2.75) is 32.4 Å². The molecular formula is C17H16Cl2N4O3. The van der Waals surface area contributed by atoms with E-state index in [4.69, 9.17) is 27.7 Å². The maximum Gasteiger partial charge on any atom is 0.286 e. The van der Waals surface area contributed by atoms with E-state index in [0.29, 0.717) is 17.3 Å². The van der Waals surface area contributed by atoms with Crippen LogP contribution in [0.3, 0.4) is 0 Å². The van der Waals surface area contributed by atoms with E-state index < -0.39 is 11.7 Å². The van der Waals surface area contributed by atoms with Crippen molar-refractivity contribution in [2.24, 2.45) is 0 Å². The molecule has 0 aliphatic carbocycles. The predicted molar refractivity (Wildman–Crippen MR) is 96.4 cm³/mol. The monoisotopic (exact) mass is 394 g/mol. The van der Waals surface area contributed by atoms with Gasteiger partial charge in [-0.25, -0.2) is 4.68 Å². The van der Waals surface area contributed by atoms with Gasteiger partial charge in [0.25, 0.3) is 5.56 Å². The van der Waals surface area contributed by atoms with Crippen LogP contribution in [0.15, 0.2) is 39.8 Å². The van der Waals surface area contributed by atoms with Gasteiger partial charge in [-0.15, -0.1) is 0 Å². The molecule has 0 bridgehead atoms. The molecule has 1 atom stereocenters. The van der Waals surface area contributed by atoms with Gasteiger partial charge in [-0.3, -0.25) is 4.79 Å². The third kappa shape index (κ3) is 4.30. The Bertz CT molecular complexity index is 951. The summed E-state index contributed by atoms with van der Waals surface area (Å²) >= 11 is 11.8. The lowest BCUT2D eigenvalue weighted by molar-refractivity contribution is 0.198. The van der Waals surface area contributed by atoms with Crippen LogP contribution >= 0.6 is 23.2 Å². The van der Waals surface area contributed by atoms with E-state index in [-0.39, 0.29) is 23.0 Å². The fraction of sp³-hybridized carbons (Fsp3) is 0.294. The van der Waals surface area contributed by atoms with E-state index in [9.17, 15) is 9.90 Å². The van der Waals surface area contributed by atoms with Crippen LogP contribution in [0.4, 0.5) is 0 Å². The van der Waals surface area contributed by atoms with Crippen molar-refractivity contribution in [3.8, 4) is 0 Å². The first-order chi connectivity index (χ1) is 12.4. The molecule has 3 aromatic rings. The van der Waals surface area contributed by atoms with Crippen LogP contribution < -0.4 is 5.56 Å². The highest BCUT2D eigenvalue weighted by Crippen LogP contribution is 2.17. The summed E-state index contributed by atoms with van der Waals surface area (Å²) in [6, 6.07) is 7.55. The molecule has 7 nitrogen and oxygen atoms in total. The Hall–Kier alpha value is -2.22. The predicted octanol–water partition coefficient (Wildman–Crippen LogP) is 2.82. The molecule has 1 N–H and O–H groups in total. The highest BCUT2D eigenvalue weighted by molar-refractivity contribution is 6.31. The third-order valence-corrected chi connectivity index (χ3v) is 4.44. The van der Waals surface area contributed by atoms with Crippen molar-refractivity contribution in [3.05, 3.63) is 73.7 Å². The molecule has 2 aromatic heterocycles. The number of rotatable bonds is 6. The average Bonchev–Trinajstić information content (AvgIpc) is 3.06. The number of hydrogen-bond donors (Lipinski definition) is 1. The second-order valence-corrected chi connectivity index (χ2v) is 6.60. The molecule has 0 saturated heterocycles. The van der Waals surface area contributed by atoms with Gasteiger partial charge < -0.3 is 9.63 Å². The van der Waals surface area contributed by atoms with Crippen molar-refractivity contribution in [1.29, 1.82) is 0 Å². The SMILES string of the molecule is CC(O)c1cnn(Cc2nc(CCc3ccc(Cl)cc3)no2)c(=O)c1Cl. The quantitative estimate of drug-likeness (QED) is 0.690. The molecule has 136 valence electrons. The molecule has 26 heavy (non-hydrogen) atoms. The van der Waals surface area contributed by atoms with E-state index >= 15 is 0 Å². The van der Waals surface area contributed by atoms with Crippen LogP contribution in [0.25, 0.3) is 0 Å². The highest BCUT2D eigenvalue weighted by atomic mass is 35.5. The van der Waals surface area contributed by atoms with Crippen LogP contribution in [0.1, 0.15) is 35.9 Å². The van der Waals surface area contributed by atoms with E-state index in [2.05, 4.69) is 15.2 Å². The number of nitrogens with zero attached hydrogens (tertiary/aromatic N) is 4. The van der Waals surface area contributed by atoms with Crippen molar-refractivity contribution in [2.75, 3.05) is 0 Å². The topological polar surface area (TPSA) is 94.0 Å². The minimum atomic E-state index is -0.875. The summed E-state index contributed by atoms with van der Waals surface area (Å²) in [4.78, 5) is 16.5. The third-order valence-electron chi connectivity index (χ3n) is 3.81. The smallest absolute Gasteiger partial charge is 0.286 e. The Morgan fingerprint density at radius 1 is 1.23 bits per heavy atom. The summed E-state index contributed by atoms with van der Waals surface area (Å²) in [5, 5.41) is 18.1. The zero-order valence-electron chi connectivity index (χ0n) is 13.9. The Morgan fingerprint density at radius 3 is 2.65 bits per heavy atom. The van der Waals surface area contributed by atoms with Crippen molar-refractivity contribution >= 4 is 23.2 Å². The molecule has 3 rings (SSSR count). The van der Waals surface area contributed by atoms with Crippen molar-refractivity contribution in [3.63, 3.8) is 0 Å². The minimum absolute atomic E-state index is 0.00654. The van der Waals surface area contributed by atoms with Crippen LogP contribution in [-0.2, 0) is 19.4 Å². The van der Waals surface area contributed by atoms with Gasteiger partial charge in [0.15, 0.2) is 5.82 Å². The van der Waals surface area contributed by atoms with Gasteiger partial charge >= 0.3 is 0 Å². The number of benzene rings is 1. The molecule has 0 fully saturated rings. The van der Waals surface area contributed by atoms with Crippen LogP contribution in [0.5, 0.6) is 0 Å². The molecule has 9 heteroatoms. The van der Waals surface area contributed by atoms with Gasteiger partial charge in [0, 0.05) is 17.0 Å². The first-order valence-electron chi connectivity index (χ1n) is 7.93. The fourth-order valence-electron chi connectivity index (χ4n) is 2.37. The molecule has 1 unspecified atom stereocenters. The van der Waals surface area contributed by atoms with Crippen molar-refractivity contribution < 1.29 is 9.63 Å². The number of aromatic nitrogens is 4. The molecule has 1 aromatic carbocycles. The summed E-state index contributed by atoms with van der Waals surface area (Å²) in [6.45, 7) is 1.52. The maximum absolute atomic E-state index is 12.2. The van der Waals surface area contributed by atoms with E-state index in [1.165, 1.54) is 13.1 Å². The summed E-state index contributed by atoms with van der Waals surface area (Å²) in [7, 11) is 0. The van der Waals surface area contributed by atoms with E-state index in [0.717, 1.165) is 16.7 Å². The lowest BCUT2D eigenvalue weighted by Gasteiger charge is -2.08. The van der Waals surface area contributed by atoms with Crippen LogP contribution in [0, 0.1) is 0 Å². The molecule has 0 spiro atoms. The second-order valence-electron chi connectivity index (χ2n) is 5.78. The van der Waals surface area contributed by atoms with Gasteiger partial charge in [0.1, 0.15) is 11.6 Å².